The molecule has 5 rings (SSSR count). The van der Waals surface area contributed by atoms with Crippen LogP contribution >= 0.6 is 0 Å². The first kappa shape index (κ1) is 14.1. The molecule has 122 valence electrons. The first-order valence-electron chi connectivity index (χ1n) is 8.32. The van der Waals surface area contributed by atoms with Crippen molar-refractivity contribution in [1.82, 2.24) is 24.7 Å². The van der Waals surface area contributed by atoms with Crippen molar-refractivity contribution < 1.29 is 0 Å². The van der Waals surface area contributed by atoms with Crippen LogP contribution in [0.2, 0.25) is 0 Å². The molecule has 3 aromatic heterocycles. The van der Waals surface area contributed by atoms with E-state index in [1.54, 1.807) is 17.2 Å². The van der Waals surface area contributed by atoms with Gasteiger partial charge < -0.3 is 4.90 Å². The van der Waals surface area contributed by atoms with Gasteiger partial charge >= 0.3 is 0 Å². The van der Waals surface area contributed by atoms with E-state index in [0.29, 0.717) is 0 Å². The molecule has 6 nitrogen and oxygen atoms in total. The summed E-state index contributed by atoms with van der Waals surface area (Å²) in [7, 11) is 0. The van der Waals surface area contributed by atoms with Crippen LogP contribution in [0.3, 0.4) is 0 Å². The van der Waals surface area contributed by atoms with Crippen molar-refractivity contribution in [3.05, 3.63) is 72.3 Å². The molecule has 1 aliphatic rings. The van der Waals surface area contributed by atoms with E-state index in [1.165, 1.54) is 11.1 Å². The summed E-state index contributed by atoms with van der Waals surface area (Å²) < 4.78 is 1.76. The molecule has 0 saturated heterocycles. The lowest BCUT2D eigenvalue weighted by atomic mass is 10.00. The molecule has 0 saturated carbocycles. The maximum atomic E-state index is 4.55. The minimum Gasteiger partial charge on any atom is -0.351 e. The average Bonchev–Trinajstić information content (AvgIpc) is 3.12. The van der Waals surface area contributed by atoms with E-state index in [4.69, 9.17) is 0 Å². The second-order valence-electron chi connectivity index (χ2n) is 6.12. The van der Waals surface area contributed by atoms with Crippen molar-refractivity contribution in [2.45, 2.75) is 13.0 Å². The standard InChI is InChI=1S/C19H16N6/c1-2-6-15-12-24(10-8-14(15)5-1)18-16-11-23-25(19(16)22-13-21-18)17-7-3-4-9-20-17/h1-7,9,11,13H,8,10,12H2. The number of aromatic nitrogens is 5. The predicted octanol–water partition coefficient (Wildman–Crippen LogP) is 2.77. The number of pyridine rings is 1. The fourth-order valence-corrected chi connectivity index (χ4v) is 3.41. The van der Waals surface area contributed by atoms with Gasteiger partial charge in [0, 0.05) is 19.3 Å². The minimum absolute atomic E-state index is 0.756. The fourth-order valence-electron chi connectivity index (χ4n) is 3.41. The van der Waals surface area contributed by atoms with Crippen molar-refractivity contribution >= 4 is 16.9 Å². The van der Waals surface area contributed by atoms with Gasteiger partial charge in [-0.15, -0.1) is 0 Å². The van der Waals surface area contributed by atoms with Crippen molar-refractivity contribution in [2.24, 2.45) is 0 Å². The van der Waals surface area contributed by atoms with E-state index >= 15 is 0 Å². The van der Waals surface area contributed by atoms with Crippen LogP contribution in [-0.4, -0.2) is 31.3 Å². The zero-order valence-corrected chi connectivity index (χ0v) is 13.6. The summed E-state index contributed by atoms with van der Waals surface area (Å²) in [5.41, 5.74) is 3.56. The van der Waals surface area contributed by atoms with Crippen LogP contribution in [0, 0.1) is 0 Å². The van der Waals surface area contributed by atoms with Crippen LogP contribution in [0.15, 0.2) is 61.2 Å². The second-order valence-corrected chi connectivity index (χ2v) is 6.12. The number of nitrogens with zero attached hydrogens (tertiary/aromatic N) is 6. The number of hydrogen-bond acceptors (Lipinski definition) is 5. The first-order chi connectivity index (χ1) is 12.4. The normalized spacial score (nSPS) is 13.8. The molecule has 0 unspecified atom stereocenters. The molecule has 0 fully saturated rings. The van der Waals surface area contributed by atoms with Gasteiger partial charge in [0.15, 0.2) is 11.5 Å². The van der Waals surface area contributed by atoms with Gasteiger partial charge in [-0.05, 0) is 29.7 Å². The molecule has 4 aromatic rings. The molecule has 6 heteroatoms. The SMILES string of the molecule is c1ccc(-n2ncc3c(N4CCc5ccccc5C4)ncnc32)nc1. The van der Waals surface area contributed by atoms with Crippen LogP contribution in [0.5, 0.6) is 0 Å². The van der Waals surface area contributed by atoms with E-state index in [9.17, 15) is 0 Å². The molecule has 0 atom stereocenters. The van der Waals surface area contributed by atoms with Crippen LogP contribution < -0.4 is 4.90 Å². The van der Waals surface area contributed by atoms with Gasteiger partial charge in [0.05, 0.1) is 11.6 Å². The molecule has 0 N–H and O–H groups in total. The Hall–Kier alpha value is -3.28. The number of rotatable bonds is 2. The Bertz CT molecular complexity index is 1040. The maximum absolute atomic E-state index is 4.55. The Labute approximate surface area is 144 Å². The van der Waals surface area contributed by atoms with E-state index in [-0.39, 0.29) is 0 Å². The lowest BCUT2D eigenvalue weighted by Gasteiger charge is -2.29. The molecular weight excluding hydrogens is 312 g/mol. The molecule has 0 amide bonds. The number of benzene rings is 1. The largest absolute Gasteiger partial charge is 0.351 e. The highest BCUT2D eigenvalue weighted by Crippen LogP contribution is 2.28. The van der Waals surface area contributed by atoms with Gasteiger partial charge in [-0.2, -0.15) is 9.78 Å². The number of fused-ring (bicyclic) bond motifs is 2. The summed E-state index contributed by atoms with van der Waals surface area (Å²) in [6.07, 6.45) is 6.22. The third kappa shape index (κ3) is 2.34. The molecule has 1 aliphatic heterocycles. The van der Waals surface area contributed by atoms with E-state index in [2.05, 4.69) is 49.2 Å². The lowest BCUT2D eigenvalue weighted by Crippen LogP contribution is -2.31. The molecule has 4 heterocycles. The van der Waals surface area contributed by atoms with Gasteiger partial charge in [0.25, 0.3) is 0 Å². The minimum atomic E-state index is 0.756. The summed E-state index contributed by atoms with van der Waals surface area (Å²) in [4.78, 5) is 15.7. The van der Waals surface area contributed by atoms with Gasteiger partial charge in [0.1, 0.15) is 12.1 Å². The quantitative estimate of drug-likeness (QED) is 0.566. The summed E-state index contributed by atoms with van der Waals surface area (Å²) >= 11 is 0. The van der Waals surface area contributed by atoms with Crippen molar-refractivity contribution in [3.8, 4) is 5.82 Å². The summed E-state index contributed by atoms with van der Waals surface area (Å²) in [6, 6.07) is 14.4. The zero-order valence-electron chi connectivity index (χ0n) is 13.6. The molecule has 0 bridgehead atoms. The first-order valence-corrected chi connectivity index (χ1v) is 8.32. The zero-order chi connectivity index (χ0) is 16.6. The molecular formula is C19H16N6. The van der Waals surface area contributed by atoms with Crippen LogP contribution in [-0.2, 0) is 13.0 Å². The smallest absolute Gasteiger partial charge is 0.170 e. The summed E-state index contributed by atoms with van der Waals surface area (Å²) in [5, 5.41) is 5.44. The Morgan fingerprint density at radius 2 is 1.76 bits per heavy atom. The molecule has 0 spiro atoms. The summed E-state index contributed by atoms with van der Waals surface area (Å²) in [5.74, 6) is 1.69. The van der Waals surface area contributed by atoms with Crippen LogP contribution in [0.1, 0.15) is 11.1 Å². The van der Waals surface area contributed by atoms with E-state index in [1.807, 2.05) is 24.4 Å². The molecule has 0 radical (unpaired) electrons. The van der Waals surface area contributed by atoms with Crippen LogP contribution in [0.4, 0.5) is 5.82 Å². The average molecular weight is 328 g/mol. The van der Waals surface area contributed by atoms with Gasteiger partial charge in [0.2, 0.25) is 0 Å². The molecule has 25 heavy (non-hydrogen) atoms. The predicted molar refractivity (Wildman–Crippen MR) is 95.7 cm³/mol. The highest BCUT2D eigenvalue weighted by atomic mass is 15.3. The monoisotopic (exact) mass is 328 g/mol. The van der Waals surface area contributed by atoms with E-state index < -0.39 is 0 Å². The maximum Gasteiger partial charge on any atom is 0.170 e. The van der Waals surface area contributed by atoms with Crippen LogP contribution in [0.25, 0.3) is 16.9 Å². The van der Waals surface area contributed by atoms with Gasteiger partial charge in [-0.25, -0.2) is 15.0 Å². The Kier molecular flexibility index (Phi) is 3.19. The fraction of sp³-hybridized carbons (Fsp3) is 0.158. The highest BCUT2D eigenvalue weighted by molar-refractivity contribution is 5.87. The molecule has 0 aliphatic carbocycles. The lowest BCUT2D eigenvalue weighted by molar-refractivity contribution is 0.723. The second kappa shape index (κ2) is 5.66. The summed E-state index contributed by atoms with van der Waals surface area (Å²) in [6.45, 7) is 1.80. The van der Waals surface area contributed by atoms with Crippen molar-refractivity contribution in [2.75, 3.05) is 11.4 Å². The third-order valence-corrected chi connectivity index (χ3v) is 4.64. The Balaban J connectivity index is 1.58. The van der Waals surface area contributed by atoms with Gasteiger partial charge in [-0.3, -0.25) is 0 Å². The van der Waals surface area contributed by atoms with Gasteiger partial charge in [-0.1, -0.05) is 30.3 Å². The number of anilines is 1. The van der Waals surface area contributed by atoms with E-state index in [0.717, 1.165) is 42.2 Å². The van der Waals surface area contributed by atoms with Crippen molar-refractivity contribution in [3.63, 3.8) is 0 Å². The topological polar surface area (TPSA) is 59.7 Å². The third-order valence-electron chi connectivity index (χ3n) is 4.64. The molecule has 1 aromatic carbocycles. The van der Waals surface area contributed by atoms with Crippen molar-refractivity contribution in [1.29, 1.82) is 0 Å². The highest BCUT2D eigenvalue weighted by Gasteiger charge is 2.21. The number of hydrogen-bond donors (Lipinski definition) is 0. The Morgan fingerprint density at radius 3 is 2.64 bits per heavy atom. The Morgan fingerprint density at radius 1 is 0.880 bits per heavy atom.